The zero-order chi connectivity index (χ0) is 15.1. The average molecular weight is 351 g/mol. The molecule has 1 atom stereocenters. The summed E-state index contributed by atoms with van der Waals surface area (Å²) < 4.78 is 0. The Labute approximate surface area is 140 Å². The summed E-state index contributed by atoms with van der Waals surface area (Å²) in [4.78, 5) is 0.322. The minimum Gasteiger partial charge on any atom is -0.0786 e. The molecule has 0 nitrogen and oxygen atoms in total. The van der Waals surface area contributed by atoms with E-state index in [-0.39, 0.29) is 0 Å². The summed E-state index contributed by atoms with van der Waals surface area (Å²) in [7, 11) is 0. The topological polar surface area (TPSA) is 0 Å². The first-order chi connectivity index (χ1) is 10.7. The van der Waals surface area contributed by atoms with Gasteiger partial charge in [0.2, 0.25) is 0 Å². The maximum absolute atomic E-state index is 3.91. The molecule has 0 aliphatic heterocycles. The summed E-state index contributed by atoms with van der Waals surface area (Å²) in [6, 6.07) is 8.70. The van der Waals surface area contributed by atoms with E-state index < -0.39 is 0 Å². The fourth-order valence-corrected chi connectivity index (χ4v) is 4.47. The van der Waals surface area contributed by atoms with Crippen LogP contribution in [0, 0.1) is 5.92 Å². The first-order valence-corrected chi connectivity index (χ1v) is 8.87. The summed E-state index contributed by atoms with van der Waals surface area (Å²) in [5.41, 5.74) is 8.58. The molecule has 0 bridgehead atoms. The van der Waals surface area contributed by atoms with E-state index >= 15 is 0 Å². The number of benzene rings is 1. The predicted octanol–water partition coefficient (Wildman–Crippen LogP) is 6.30. The van der Waals surface area contributed by atoms with Crippen LogP contribution in [0.5, 0.6) is 0 Å². The molecule has 110 valence electrons. The van der Waals surface area contributed by atoms with Gasteiger partial charge in [-0.15, -0.1) is 0 Å². The molecule has 1 heteroatoms. The van der Waals surface area contributed by atoms with Crippen LogP contribution in [-0.4, -0.2) is 0 Å². The van der Waals surface area contributed by atoms with E-state index in [9.17, 15) is 0 Å². The summed E-state index contributed by atoms with van der Waals surface area (Å²) >= 11 is 3.91. The van der Waals surface area contributed by atoms with Crippen LogP contribution in [0.3, 0.4) is 0 Å². The normalized spacial score (nSPS) is 22.7. The van der Waals surface area contributed by atoms with E-state index in [2.05, 4.69) is 83.6 Å². The number of rotatable bonds is 3. The fourth-order valence-electron chi connectivity index (χ4n) is 3.67. The molecule has 0 spiro atoms. The van der Waals surface area contributed by atoms with Gasteiger partial charge < -0.3 is 0 Å². The van der Waals surface area contributed by atoms with Crippen LogP contribution in [-0.2, 0) is 0 Å². The lowest BCUT2D eigenvalue weighted by molar-refractivity contribution is 0.713. The van der Waals surface area contributed by atoms with E-state index in [1.165, 1.54) is 39.8 Å². The summed E-state index contributed by atoms with van der Waals surface area (Å²) in [5, 5.41) is 0. The van der Waals surface area contributed by atoms with Crippen molar-refractivity contribution in [2.24, 2.45) is 5.92 Å². The Kier molecular flexibility index (Phi) is 3.54. The number of halogens is 1. The minimum atomic E-state index is 0.322. The van der Waals surface area contributed by atoms with Gasteiger partial charge in [-0.2, -0.15) is 0 Å². The fraction of sp³-hybridized carbons (Fsp3) is 0.238. The zero-order valence-corrected chi connectivity index (χ0v) is 14.3. The molecule has 1 aromatic rings. The van der Waals surface area contributed by atoms with Crippen molar-refractivity contribution in [3.8, 4) is 0 Å². The third-order valence-electron chi connectivity index (χ3n) is 4.88. The molecule has 3 aliphatic rings. The quantitative estimate of drug-likeness (QED) is 0.561. The zero-order valence-electron chi connectivity index (χ0n) is 12.7. The van der Waals surface area contributed by atoms with Crippen molar-refractivity contribution in [1.82, 2.24) is 0 Å². The second kappa shape index (κ2) is 5.55. The summed E-state index contributed by atoms with van der Waals surface area (Å²) in [5.74, 6) is 0.612. The first kappa shape index (κ1) is 14.0. The van der Waals surface area contributed by atoms with Crippen LogP contribution in [0.2, 0.25) is 0 Å². The second-order valence-corrected chi connectivity index (χ2v) is 7.20. The molecule has 0 fully saturated rings. The molecule has 0 saturated heterocycles. The first-order valence-electron chi connectivity index (χ1n) is 7.96. The van der Waals surface area contributed by atoms with Crippen molar-refractivity contribution < 1.29 is 0 Å². The largest absolute Gasteiger partial charge is 0.0786 e. The molecule has 1 aromatic carbocycles. The Morgan fingerprint density at radius 3 is 2.64 bits per heavy atom. The van der Waals surface area contributed by atoms with Gasteiger partial charge in [-0.25, -0.2) is 0 Å². The highest BCUT2D eigenvalue weighted by Crippen LogP contribution is 2.49. The van der Waals surface area contributed by atoms with E-state index in [1.807, 2.05) is 0 Å². The molecule has 0 N–H and O–H groups in total. The number of hydrogen-bond acceptors (Lipinski definition) is 0. The van der Waals surface area contributed by atoms with Gasteiger partial charge in [-0.3, -0.25) is 0 Å². The van der Waals surface area contributed by atoms with Gasteiger partial charge in [0, 0.05) is 0 Å². The Balaban J connectivity index is 1.65. The van der Waals surface area contributed by atoms with Crippen molar-refractivity contribution in [3.63, 3.8) is 0 Å². The smallest absolute Gasteiger partial charge is 0.0656 e. The Hall–Kier alpha value is -1.60. The number of fused-ring (bicyclic) bond motifs is 2. The number of hydrogen-bond donors (Lipinski definition) is 0. The van der Waals surface area contributed by atoms with E-state index in [1.54, 1.807) is 0 Å². The van der Waals surface area contributed by atoms with Gasteiger partial charge in [0.15, 0.2) is 0 Å². The van der Waals surface area contributed by atoms with Crippen molar-refractivity contribution >= 4 is 22.0 Å². The molecular weight excluding hydrogens is 332 g/mol. The van der Waals surface area contributed by atoms with Gasteiger partial charge in [-0.05, 0) is 65.2 Å². The average Bonchev–Trinajstić information content (AvgIpc) is 3.14. The summed E-state index contributed by atoms with van der Waals surface area (Å²) in [6.45, 7) is 2.26. The van der Waals surface area contributed by atoms with Crippen LogP contribution < -0.4 is 0 Å². The lowest BCUT2D eigenvalue weighted by Gasteiger charge is -2.24. The third-order valence-corrected chi connectivity index (χ3v) is 5.87. The standard InChI is InChI=1S/C21H19Br/c1-14-12-20-19(17(14)11-10-15-6-2-3-7-15)13-16-8-4-5-9-18(16)21(20)22/h2-9,12-13,15,21H,10-11H2,1H3. The van der Waals surface area contributed by atoms with Gasteiger partial charge >= 0.3 is 0 Å². The molecular formula is C21H19Br. The van der Waals surface area contributed by atoms with Crippen LogP contribution in [0.15, 0.2) is 76.9 Å². The maximum Gasteiger partial charge on any atom is 0.0656 e. The number of allylic oxidation sites excluding steroid dienone is 9. The third kappa shape index (κ3) is 2.28. The molecule has 4 rings (SSSR count). The summed E-state index contributed by atoms with van der Waals surface area (Å²) in [6.07, 6.45) is 16.0. The molecule has 1 unspecified atom stereocenters. The predicted molar refractivity (Wildman–Crippen MR) is 97.9 cm³/mol. The highest BCUT2D eigenvalue weighted by atomic mass is 79.9. The van der Waals surface area contributed by atoms with Gasteiger partial charge in [-0.1, -0.05) is 70.6 Å². The van der Waals surface area contributed by atoms with Crippen LogP contribution in [0.4, 0.5) is 0 Å². The monoisotopic (exact) mass is 350 g/mol. The van der Waals surface area contributed by atoms with Crippen LogP contribution >= 0.6 is 15.9 Å². The molecule has 0 saturated carbocycles. The van der Waals surface area contributed by atoms with Crippen LogP contribution in [0.1, 0.15) is 35.7 Å². The molecule has 0 heterocycles. The van der Waals surface area contributed by atoms with E-state index in [0.29, 0.717) is 10.7 Å². The van der Waals surface area contributed by atoms with Gasteiger partial charge in [0.05, 0.1) is 4.83 Å². The van der Waals surface area contributed by atoms with E-state index in [4.69, 9.17) is 0 Å². The highest BCUT2D eigenvalue weighted by Gasteiger charge is 2.29. The Morgan fingerprint density at radius 1 is 1.05 bits per heavy atom. The van der Waals surface area contributed by atoms with Crippen molar-refractivity contribution in [2.75, 3.05) is 0 Å². The SMILES string of the molecule is CC1=C(CCC2C=CC=C2)C2=Cc3ccccc3C(Br)C2=C1. The molecule has 0 amide bonds. The number of alkyl halides is 1. The molecule has 22 heavy (non-hydrogen) atoms. The van der Waals surface area contributed by atoms with E-state index in [0.717, 1.165) is 6.42 Å². The highest BCUT2D eigenvalue weighted by molar-refractivity contribution is 9.09. The second-order valence-electron chi connectivity index (χ2n) is 6.28. The maximum atomic E-state index is 3.91. The Morgan fingerprint density at radius 2 is 1.82 bits per heavy atom. The van der Waals surface area contributed by atoms with Crippen LogP contribution in [0.25, 0.3) is 6.08 Å². The Bertz CT molecular complexity index is 759. The van der Waals surface area contributed by atoms with Crippen molar-refractivity contribution in [2.45, 2.75) is 24.6 Å². The van der Waals surface area contributed by atoms with Crippen molar-refractivity contribution in [1.29, 1.82) is 0 Å². The lowest BCUT2D eigenvalue weighted by Crippen LogP contribution is -2.05. The van der Waals surface area contributed by atoms with Crippen molar-refractivity contribution in [3.05, 3.63) is 88.1 Å². The molecule has 3 aliphatic carbocycles. The minimum absolute atomic E-state index is 0.322. The lowest BCUT2D eigenvalue weighted by atomic mass is 9.85. The molecule has 0 aromatic heterocycles. The van der Waals surface area contributed by atoms with Gasteiger partial charge in [0.1, 0.15) is 0 Å². The molecule has 0 radical (unpaired) electrons. The van der Waals surface area contributed by atoms with Gasteiger partial charge in [0.25, 0.3) is 0 Å².